The number of carbonyl (C=O) groups is 1. The largest absolute Gasteiger partial charge is 0.417 e. The Morgan fingerprint density at radius 3 is 2.53 bits per heavy atom. The first-order valence-electron chi connectivity index (χ1n) is 5.19. The lowest BCUT2D eigenvalue weighted by Gasteiger charge is -2.13. The van der Waals surface area contributed by atoms with Crippen LogP contribution in [0.15, 0.2) is 18.2 Å². The fourth-order valence-electron chi connectivity index (χ4n) is 1.24. The molecular weight excluding hydrogens is 304 g/mol. The van der Waals surface area contributed by atoms with Crippen molar-refractivity contribution in [3.8, 4) is 0 Å². The first-order chi connectivity index (χ1) is 8.25. The Morgan fingerprint density at radius 1 is 1.47 bits per heavy atom. The number of nitrogens with one attached hydrogen (secondary N) is 1. The van der Waals surface area contributed by atoms with Crippen LogP contribution in [0.3, 0.4) is 0 Å². The van der Waals surface area contributed by atoms with E-state index in [-0.39, 0.29) is 18.1 Å². The van der Waals surface area contributed by atoms with Gasteiger partial charge in [-0.1, -0.05) is 18.5 Å². The van der Waals surface area contributed by atoms with Gasteiger partial charge in [-0.15, -0.1) is 12.4 Å². The molecule has 0 aliphatic heterocycles. The third kappa shape index (κ3) is 4.89. The number of amides is 1. The minimum absolute atomic E-state index is 0. The van der Waals surface area contributed by atoms with Gasteiger partial charge >= 0.3 is 6.18 Å². The predicted octanol–water partition coefficient (Wildman–Crippen LogP) is 3.46. The first kappa shape index (κ1) is 18.0. The molecule has 0 spiro atoms. The van der Waals surface area contributed by atoms with E-state index in [1.165, 1.54) is 6.07 Å². The van der Waals surface area contributed by atoms with E-state index in [2.05, 4.69) is 5.32 Å². The summed E-state index contributed by atoms with van der Waals surface area (Å²) in [5.74, 6) is -0.534. The highest BCUT2D eigenvalue weighted by atomic mass is 35.5. The zero-order valence-corrected chi connectivity index (χ0v) is 11.5. The van der Waals surface area contributed by atoms with Gasteiger partial charge in [0, 0.05) is 5.69 Å². The minimum atomic E-state index is -4.56. The van der Waals surface area contributed by atoms with Crippen LogP contribution in [0.25, 0.3) is 0 Å². The summed E-state index contributed by atoms with van der Waals surface area (Å²) >= 11 is 5.45. The van der Waals surface area contributed by atoms with Crippen LogP contribution >= 0.6 is 24.0 Å². The fourth-order valence-corrected chi connectivity index (χ4v) is 1.47. The molecule has 1 aromatic rings. The second kappa shape index (κ2) is 6.98. The second-order valence-electron chi connectivity index (χ2n) is 3.70. The number of hydrogen-bond donors (Lipinski definition) is 2. The average molecular weight is 317 g/mol. The van der Waals surface area contributed by atoms with Crippen molar-refractivity contribution in [2.75, 3.05) is 5.32 Å². The summed E-state index contributed by atoms with van der Waals surface area (Å²) in [4.78, 5) is 11.4. The lowest BCUT2D eigenvalue weighted by Crippen LogP contribution is -2.34. The van der Waals surface area contributed by atoms with Gasteiger partial charge in [0.2, 0.25) is 5.91 Å². The Hall–Kier alpha value is -0.980. The van der Waals surface area contributed by atoms with Gasteiger partial charge in [0.05, 0.1) is 16.6 Å². The van der Waals surface area contributed by atoms with E-state index in [9.17, 15) is 18.0 Å². The van der Waals surface area contributed by atoms with Crippen LogP contribution < -0.4 is 11.1 Å². The molecule has 0 aliphatic carbocycles. The van der Waals surface area contributed by atoms with Gasteiger partial charge in [0.15, 0.2) is 0 Å². The van der Waals surface area contributed by atoms with Crippen LogP contribution in [-0.4, -0.2) is 11.9 Å². The molecule has 3 nitrogen and oxygen atoms in total. The highest BCUT2D eigenvalue weighted by Crippen LogP contribution is 2.36. The van der Waals surface area contributed by atoms with Crippen LogP contribution in [0.2, 0.25) is 5.02 Å². The Balaban J connectivity index is 0.00000324. The van der Waals surface area contributed by atoms with Crippen molar-refractivity contribution in [3.63, 3.8) is 0 Å². The van der Waals surface area contributed by atoms with E-state index in [4.69, 9.17) is 17.3 Å². The normalized spacial score (nSPS) is 12.5. The molecule has 1 aromatic carbocycles. The standard InChI is InChI=1S/C11H12ClF3N2O.ClH/c1-2-9(16)10(18)17-6-3-4-8(12)7(5-6)11(13,14)15;/h3-5,9H,2,16H2,1H3,(H,17,18);1H/t9-;/m0./s1. The van der Waals surface area contributed by atoms with Gasteiger partial charge in [0.1, 0.15) is 0 Å². The molecule has 1 atom stereocenters. The molecule has 0 aromatic heterocycles. The molecular formula is C11H13Cl2F3N2O. The van der Waals surface area contributed by atoms with Crippen LogP contribution in [0, 0.1) is 0 Å². The number of anilines is 1. The number of nitrogens with two attached hydrogens (primary N) is 1. The number of benzene rings is 1. The Morgan fingerprint density at radius 2 is 2.05 bits per heavy atom. The van der Waals surface area contributed by atoms with Crippen molar-refractivity contribution in [2.45, 2.75) is 25.6 Å². The molecule has 0 aliphatic rings. The van der Waals surface area contributed by atoms with Gasteiger partial charge in [-0.05, 0) is 24.6 Å². The van der Waals surface area contributed by atoms with Crippen LogP contribution in [0.1, 0.15) is 18.9 Å². The minimum Gasteiger partial charge on any atom is -0.325 e. The van der Waals surface area contributed by atoms with Crippen molar-refractivity contribution in [2.24, 2.45) is 5.73 Å². The fraction of sp³-hybridized carbons (Fsp3) is 0.364. The van der Waals surface area contributed by atoms with E-state index in [0.717, 1.165) is 12.1 Å². The SMILES string of the molecule is CC[C@H](N)C(=O)Nc1ccc(Cl)c(C(F)(F)F)c1.Cl. The number of carbonyl (C=O) groups excluding carboxylic acids is 1. The molecule has 0 saturated carbocycles. The van der Waals surface area contributed by atoms with Gasteiger partial charge in [-0.3, -0.25) is 4.79 Å². The van der Waals surface area contributed by atoms with Gasteiger partial charge in [-0.2, -0.15) is 13.2 Å². The molecule has 0 radical (unpaired) electrons. The molecule has 1 rings (SSSR count). The van der Waals surface area contributed by atoms with E-state index >= 15 is 0 Å². The maximum absolute atomic E-state index is 12.6. The van der Waals surface area contributed by atoms with Gasteiger partial charge < -0.3 is 11.1 Å². The lowest BCUT2D eigenvalue weighted by molar-refractivity contribution is -0.137. The molecule has 0 saturated heterocycles. The van der Waals surface area contributed by atoms with Crippen molar-refractivity contribution in [3.05, 3.63) is 28.8 Å². The van der Waals surface area contributed by atoms with Crippen LogP contribution in [0.5, 0.6) is 0 Å². The average Bonchev–Trinajstić information content (AvgIpc) is 2.29. The van der Waals surface area contributed by atoms with Crippen molar-refractivity contribution in [1.29, 1.82) is 0 Å². The molecule has 0 bridgehead atoms. The zero-order chi connectivity index (χ0) is 13.9. The van der Waals surface area contributed by atoms with Crippen molar-refractivity contribution < 1.29 is 18.0 Å². The number of rotatable bonds is 3. The highest BCUT2D eigenvalue weighted by Gasteiger charge is 2.33. The van der Waals surface area contributed by atoms with Crippen LogP contribution in [-0.2, 0) is 11.0 Å². The van der Waals surface area contributed by atoms with Gasteiger partial charge in [-0.25, -0.2) is 0 Å². The predicted molar refractivity (Wildman–Crippen MR) is 70.6 cm³/mol. The maximum atomic E-state index is 12.6. The van der Waals surface area contributed by atoms with E-state index < -0.39 is 28.7 Å². The van der Waals surface area contributed by atoms with Crippen LogP contribution in [0.4, 0.5) is 18.9 Å². The number of alkyl halides is 3. The summed E-state index contributed by atoms with van der Waals surface area (Å²) in [6.45, 7) is 1.70. The number of halogens is 5. The smallest absolute Gasteiger partial charge is 0.325 e. The maximum Gasteiger partial charge on any atom is 0.417 e. The summed E-state index contributed by atoms with van der Waals surface area (Å²) < 4.78 is 37.7. The monoisotopic (exact) mass is 316 g/mol. The Bertz CT molecular complexity index is 452. The Kier molecular flexibility index (Phi) is 6.62. The third-order valence-corrected chi connectivity index (χ3v) is 2.65. The molecule has 1 amide bonds. The molecule has 0 unspecified atom stereocenters. The summed E-state index contributed by atoms with van der Waals surface area (Å²) in [5.41, 5.74) is 4.48. The van der Waals surface area contributed by atoms with E-state index in [1.807, 2.05) is 0 Å². The summed E-state index contributed by atoms with van der Waals surface area (Å²) in [6, 6.07) is 2.40. The molecule has 108 valence electrons. The third-order valence-electron chi connectivity index (χ3n) is 2.32. The topological polar surface area (TPSA) is 55.1 Å². The first-order valence-corrected chi connectivity index (χ1v) is 5.56. The zero-order valence-electron chi connectivity index (χ0n) is 9.92. The molecule has 3 N–H and O–H groups in total. The second-order valence-corrected chi connectivity index (χ2v) is 4.10. The quantitative estimate of drug-likeness (QED) is 0.897. The van der Waals surface area contributed by atoms with E-state index in [0.29, 0.717) is 6.42 Å². The summed E-state index contributed by atoms with van der Waals surface area (Å²) in [7, 11) is 0. The molecule has 8 heteroatoms. The van der Waals surface area contributed by atoms with Crippen molar-refractivity contribution in [1.82, 2.24) is 0 Å². The Labute approximate surface area is 119 Å². The summed E-state index contributed by atoms with van der Waals surface area (Å²) in [5, 5.41) is 1.89. The summed E-state index contributed by atoms with van der Waals surface area (Å²) in [6.07, 6.45) is -4.17. The lowest BCUT2D eigenvalue weighted by atomic mass is 10.1. The van der Waals surface area contributed by atoms with Crippen molar-refractivity contribution >= 4 is 35.6 Å². The number of hydrogen-bond acceptors (Lipinski definition) is 2. The van der Waals surface area contributed by atoms with Gasteiger partial charge in [0.25, 0.3) is 0 Å². The molecule has 0 fully saturated rings. The van der Waals surface area contributed by atoms with E-state index in [1.54, 1.807) is 6.92 Å². The molecule has 0 heterocycles. The highest BCUT2D eigenvalue weighted by molar-refractivity contribution is 6.31. The molecule has 19 heavy (non-hydrogen) atoms.